The summed E-state index contributed by atoms with van der Waals surface area (Å²) < 4.78 is 5.33. The minimum Gasteiger partial charge on any atom is -0.484 e. The van der Waals surface area contributed by atoms with Crippen molar-refractivity contribution in [3.05, 3.63) is 29.8 Å². The predicted octanol–water partition coefficient (Wildman–Crippen LogP) is 0.537. The summed E-state index contributed by atoms with van der Waals surface area (Å²) in [7, 11) is 1.53. The Labute approximate surface area is 135 Å². The van der Waals surface area contributed by atoms with E-state index < -0.39 is 5.91 Å². The van der Waals surface area contributed by atoms with Crippen LogP contribution in [0.15, 0.2) is 24.3 Å². The van der Waals surface area contributed by atoms with Crippen molar-refractivity contribution in [2.75, 3.05) is 20.2 Å². The third kappa shape index (κ3) is 6.82. The number of benzene rings is 1. The van der Waals surface area contributed by atoms with Crippen molar-refractivity contribution in [3.63, 3.8) is 0 Å². The summed E-state index contributed by atoms with van der Waals surface area (Å²) in [6.07, 6.45) is 0. The van der Waals surface area contributed by atoms with E-state index in [4.69, 9.17) is 10.5 Å². The van der Waals surface area contributed by atoms with Crippen LogP contribution in [0.4, 0.5) is 0 Å². The average Bonchev–Trinajstić information content (AvgIpc) is 2.42. The van der Waals surface area contributed by atoms with Crippen LogP contribution in [0.1, 0.15) is 31.1 Å². The van der Waals surface area contributed by atoms with Crippen LogP contribution in [0.3, 0.4) is 0 Å². The van der Waals surface area contributed by atoms with Crippen LogP contribution in [-0.4, -0.2) is 48.4 Å². The molecular weight excluding hydrogens is 298 g/mol. The van der Waals surface area contributed by atoms with E-state index in [1.165, 1.54) is 24.1 Å². The van der Waals surface area contributed by atoms with Gasteiger partial charge < -0.3 is 20.7 Å². The molecule has 0 fully saturated rings. The molecule has 0 saturated carbocycles. The standard InChI is InChI=1S/C16H23N3O4/c1-16(2,3)18-13(20)9-19(4)14(21)10-23-12-7-5-11(6-8-12)15(17)22/h5-8H,9-10H2,1-4H3,(H2,17,22)(H,18,20). The number of likely N-dealkylation sites (N-methyl/N-ethyl adjacent to an activating group) is 1. The first-order valence-corrected chi connectivity index (χ1v) is 7.16. The van der Waals surface area contributed by atoms with Gasteiger partial charge in [0.1, 0.15) is 5.75 Å². The highest BCUT2D eigenvalue weighted by Gasteiger charge is 2.18. The molecule has 1 rings (SSSR count). The fraction of sp³-hybridized carbons (Fsp3) is 0.438. The Morgan fingerprint density at radius 2 is 1.74 bits per heavy atom. The van der Waals surface area contributed by atoms with Gasteiger partial charge in [-0.15, -0.1) is 0 Å². The Morgan fingerprint density at radius 3 is 2.22 bits per heavy atom. The molecule has 1 aromatic carbocycles. The Hall–Kier alpha value is -2.57. The van der Waals surface area contributed by atoms with Gasteiger partial charge in [-0.3, -0.25) is 14.4 Å². The fourth-order valence-corrected chi connectivity index (χ4v) is 1.73. The van der Waals surface area contributed by atoms with Crippen LogP contribution in [0.2, 0.25) is 0 Å². The second-order valence-electron chi connectivity index (χ2n) is 6.23. The van der Waals surface area contributed by atoms with Crippen LogP contribution in [0.25, 0.3) is 0 Å². The molecule has 3 N–H and O–H groups in total. The van der Waals surface area contributed by atoms with Gasteiger partial charge in [-0.25, -0.2) is 0 Å². The Balaban J connectivity index is 2.46. The number of nitrogens with zero attached hydrogens (tertiary/aromatic N) is 1. The minimum atomic E-state index is -0.530. The number of primary amides is 1. The molecule has 1 aromatic rings. The summed E-state index contributed by atoms with van der Waals surface area (Å²) in [5.41, 5.74) is 5.15. The van der Waals surface area contributed by atoms with Crippen molar-refractivity contribution in [2.24, 2.45) is 5.73 Å². The van der Waals surface area contributed by atoms with E-state index in [1.807, 2.05) is 20.8 Å². The van der Waals surface area contributed by atoms with E-state index in [-0.39, 0.29) is 30.5 Å². The number of hydrogen-bond acceptors (Lipinski definition) is 4. The predicted molar refractivity (Wildman–Crippen MR) is 86.0 cm³/mol. The van der Waals surface area contributed by atoms with Gasteiger partial charge in [-0.1, -0.05) is 0 Å². The van der Waals surface area contributed by atoms with Crippen molar-refractivity contribution < 1.29 is 19.1 Å². The van der Waals surface area contributed by atoms with Gasteiger partial charge in [0.05, 0.1) is 6.54 Å². The maximum Gasteiger partial charge on any atom is 0.260 e. The highest BCUT2D eigenvalue weighted by molar-refractivity contribution is 5.92. The summed E-state index contributed by atoms with van der Waals surface area (Å²) in [6.45, 7) is 5.36. The lowest BCUT2D eigenvalue weighted by Crippen LogP contribution is -2.47. The molecule has 0 aliphatic carbocycles. The lowest BCUT2D eigenvalue weighted by atomic mass is 10.1. The number of hydrogen-bond donors (Lipinski definition) is 2. The Bertz CT molecular complexity index is 576. The first kappa shape index (κ1) is 18.5. The second kappa shape index (κ2) is 7.62. The molecule has 0 aromatic heterocycles. The van der Waals surface area contributed by atoms with Gasteiger partial charge in [-0.05, 0) is 45.0 Å². The lowest BCUT2D eigenvalue weighted by Gasteiger charge is -2.23. The number of rotatable bonds is 6. The van der Waals surface area contributed by atoms with Gasteiger partial charge in [-0.2, -0.15) is 0 Å². The first-order valence-electron chi connectivity index (χ1n) is 7.16. The van der Waals surface area contributed by atoms with Gasteiger partial charge >= 0.3 is 0 Å². The van der Waals surface area contributed by atoms with Crippen molar-refractivity contribution in [2.45, 2.75) is 26.3 Å². The van der Waals surface area contributed by atoms with E-state index >= 15 is 0 Å². The molecule has 0 radical (unpaired) electrons. The maximum atomic E-state index is 11.9. The third-order valence-corrected chi connectivity index (χ3v) is 2.82. The Kier molecular flexibility index (Phi) is 6.12. The molecular formula is C16H23N3O4. The molecule has 3 amide bonds. The molecule has 0 aliphatic rings. The molecule has 0 unspecified atom stereocenters. The lowest BCUT2D eigenvalue weighted by molar-refractivity contribution is -0.136. The summed E-state index contributed by atoms with van der Waals surface area (Å²) in [5, 5.41) is 2.78. The summed E-state index contributed by atoms with van der Waals surface area (Å²) in [5.74, 6) is -0.652. The van der Waals surface area contributed by atoms with Crippen LogP contribution in [0.5, 0.6) is 5.75 Å². The largest absolute Gasteiger partial charge is 0.484 e. The molecule has 7 nitrogen and oxygen atoms in total. The van der Waals surface area contributed by atoms with Crippen LogP contribution in [-0.2, 0) is 9.59 Å². The summed E-state index contributed by atoms with van der Waals surface area (Å²) >= 11 is 0. The maximum absolute atomic E-state index is 11.9. The molecule has 7 heteroatoms. The van der Waals surface area contributed by atoms with Gasteiger partial charge in [0, 0.05) is 18.2 Å². The zero-order valence-electron chi connectivity index (χ0n) is 13.9. The molecule has 0 atom stereocenters. The van der Waals surface area contributed by atoms with E-state index in [2.05, 4.69) is 5.32 Å². The summed E-state index contributed by atoms with van der Waals surface area (Å²) in [4.78, 5) is 35.9. The number of carbonyl (C=O) groups excluding carboxylic acids is 3. The van der Waals surface area contributed by atoms with E-state index in [1.54, 1.807) is 12.1 Å². The van der Waals surface area contributed by atoms with Crippen LogP contribution < -0.4 is 15.8 Å². The van der Waals surface area contributed by atoms with Crippen molar-refractivity contribution >= 4 is 17.7 Å². The number of ether oxygens (including phenoxy) is 1. The molecule has 0 saturated heterocycles. The minimum absolute atomic E-state index is 0.0416. The average molecular weight is 321 g/mol. The zero-order valence-corrected chi connectivity index (χ0v) is 13.9. The summed E-state index contributed by atoms with van der Waals surface area (Å²) in [6, 6.07) is 6.14. The smallest absolute Gasteiger partial charge is 0.260 e. The quantitative estimate of drug-likeness (QED) is 0.798. The first-order chi connectivity index (χ1) is 10.6. The van der Waals surface area contributed by atoms with Gasteiger partial charge in [0.15, 0.2) is 6.61 Å². The highest BCUT2D eigenvalue weighted by Crippen LogP contribution is 2.11. The van der Waals surface area contributed by atoms with Crippen LogP contribution >= 0.6 is 0 Å². The van der Waals surface area contributed by atoms with Gasteiger partial charge in [0.25, 0.3) is 5.91 Å². The number of nitrogens with one attached hydrogen (secondary N) is 1. The molecule has 0 heterocycles. The third-order valence-electron chi connectivity index (χ3n) is 2.82. The topological polar surface area (TPSA) is 102 Å². The number of carbonyl (C=O) groups is 3. The molecule has 126 valence electrons. The molecule has 0 bridgehead atoms. The number of nitrogens with two attached hydrogens (primary N) is 1. The SMILES string of the molecule is CN(CC(=O)NC(C)(C)C)C(=O)COc1ccc(C(N)=O)cc1. The van der Waals surface area contributed by atoms with E-state index in [0.717, 1.165) is 0 Å². The molecule has 0 spiro atoms. The molecule has 23 heavy (non-hydrogen) atoms. The van der Waals surface area contributed by atoms with Crippen molar-refractivity contribution in [1.29, 1.82) is 0 Å². The van der Waals surface area contributed by atoms with E-state index in [0.29, 0.717) is 11.3 Å². The monoisotopic (exact) mass is 321 g/mol. The van der Waals surface area contributed by atoms with Crippen molar-refractivity contribution in [1.82, 2.24) is 10.2 Å². The molecule has 0 aliphatic heterocycles. The van der Waals surface area contributed by atoms with Crippen molar-refractivity contribution in [3.8, 4) is 5.75 Å². The fourth-order valence-electron chi connectivity index (χ4n) is 1.73. The zero-order chi connectivity index (χ0) is 17.6. The van der Waals surface area contributed by atoms with Gasteiger partial charge in [0.2, 0.25) is 11.8 Å². The normalized spacial score (nSPS) is 10.8. The van der Waals surface area contributed by atoms with Crippen LogP contribution in [0, 0.1) is 0 Å². The second-order valence-corrected chi connectivity index (χ2v) is 6.23. The van der Waals surface area contributed by atoms with E-state index in [9.17, 15) is 14.4 Å². The Morgan fingerprint density at radius 1 is 1.17 bits per heavy atom. The highest BCUT2D eigenvalue weighted by atomic mass is 16.5. The number of amides is 3.